The van der Waals surface area contributed by atoms with Gasteiger partial charge in [-0.1, -0.05) is 40.2 Å². The lowest BCUT2D eigenvalue weighted by Crippen LogP contribution is -2.36. The molecule has 0 amide bonds. The average Bonchev–Trinajstić information content (AvgIpc) is 2.89. The maximum Gasteiger partial charge on any atom is 0.190 e. The van der Waals surface area contributed by atoms with E-state index in [4.69, 9.17) is 18.9 Å². The first-order valence-electron chi connectivity index (χ1n) is 6.99. The standard InChI is InChI=1S/C16H19BrO4/c1-4-12-13(14-15(19-12)21-16(2,3)20-14)18-9-10-7-5-6-8-11(10)17/h4-8,12-15H,1,9H2,2-3H3/t12-,13+,14-,15-/m1/s1. The van der Waals surface area contributed by atoms with Crippen molar-refractivity contribution in [2.75, 3.05) is 0 Å². The van der Waals surface area contributed by atoms with Gasteiger partial charge in [-0.2, -0.15) is 0 Å². The van der Waals surface area contributed by atoms with E-state index in [2.05, 4.69) is 22.5 Å². The Bertz CT molecular complexity index is 531. The SMILES string of the molecule is C=C[C@H]1O[C@@H]2OC(C)(C)O[C@@H]2[C@H]1OCc1ccccc1Br. The molecule has 5 heteroatoms. The maximum atomic E-state index is 6.05. The van der Waals surface area contributed by atoms with E-state index in [1.807, 2.05) is 38.1 Å². The summed E-state index contributed by atoms with van der Waals surface area (Å²) in [6.45, 7) is 8.04. The van der Waals surface area contributed by atoms with Crippen LogP contribution >= 0.6 is 15.9 Å². The van der Waals surface area contributed by atoms with Gasteiger partial charge in [0.25, 0.3) is 0 Å². The molecular weight excluding hydrogens is 336 g/mol. The minimum absolute atomic E-state index is 0.221. The third-order valence-electron chi connectivity index (χ3n) is 3.65. The highest BCUT2D eigenvalue weighted by Gasteiger charge is 2.54. The summed E-state index contributed by atoms with van der Waals surface area (Å²) in [5, 5.41) is 0. The van der Waals surface area contributed by atoms with Crippen LogP contribution in [0.3, 0.4) is 0 Å². The minimum atomic E-state index is -0.642. The van der Waals surface area contributed by atoms with E-state index >= 15 is 0 Å². The fourth-order valence-corrected chi connectivity index (χ4v) is 3.08. The molecule has 2 saturated heterocycles. The van der Waals surface area contributed by atoms with Crippen LogP contribution in [-0.4, -0.2) is 30.4 Å². The van der Waals surface area contributed by atoms with Gasteiger partial charge in [-0.15, -0.1) is 6.58 Å². The molecule has 2 aliphatic rings. The summed E-state index contributed by atoms with van der Waals surface area (Å²) >= 11 is 3.53. The number of ether oxygens (including phenoxy) is 4. The first kappa shape index (κ1) is 15.2. The topological polar surface area (TPSA) is 36.9 Å². The summed E-state index contributed by atoms with van der Waals surface area (Å²) in [4.78, 5) is 0. The Kier molecular flexibility index (Phi) is 4.21. The van der Waals surface area contributed by atoms with Gasteiger partial charge in [0.1, 0.15) is 18.3 Å². The van der Waals surface area contributed by atoms with Gasteiger partial charge in [0, 0.05) is 4.47 Å². The van der Waals surface area contributed by atoms with Crippen LogP contribution in [0.1, 0.15) is 19.4 Å². The number of rotatable bonds is 4. The molecule has 0 bridgehead atoms. The van der Waals surface area contributed by atoms with Crippen molar-refractivity contribution >= 4 is 15.9 Å². The van der Waals surface area contributed by atoms with Crippen LogP contribution in [0.4, 0.5) is 0 Å². The Balaban J connectivity index is 1.71. The van der Waals surface area contributed by atoms with E-state index in [9.17, 15) is 0 Å². The molecule has 3 rings (SSSR count). The third-order valence-corrected chi connectivity index (χ3v) is 4.42. The van der Waals surface area contributed by atoms with E-state index in [1.54, 1.807) is 6.08 Å². The van der Waals surface area contributed by atoms with Gasteiger partial charge in [0.15, 0.2) is 12.1 Å². The molecule has 2 heterocycles. The van der Waals surface area contributed by atoms with Crippen LogP contribution in [0.15, 0.2) is 41.4 Å². The second-order valence-electron chi connectivity index (χ2n) is 5.67. The second-order valence-corrected chi connectivity index (χ2v) is 6.53. The Morgan fingerprint density at radius 2 is 2.10 bits per heavy atom. The number of halogens is 1. The number of hydrogen-bond donors (Lipinski definition) is 0. The number of benzene rings is 1. The molecular formula is C16H19BrO4. The summed E-state index contributed by atoms with van der Waals surface area (Å²) in [5.41, 5.74) is 1.09. The molecule has 21 heavy (non-hydrogen) atoms. The van der Waals surface area contributed by atoms with Crippen molar-refractivity contribution in [2.45, 2.75) is 50.8 Å². The molecule has 2 fully saturated rings. The molecule has 114 valence electrons. The van der Waals surface area contributed by atoms with Crippen molar-refractivity contribution in [1.29, 1.82) is 0 Å². The van der Waals surface area contributed by atoms with Gasteiger partial charge in [-0.3, -0.25) is 0 Å². The molecule has 0 saturated carbocycles. The molecule has 0 radical (unpaired) electrons. The van der Waals surface area contributed by atoms with Gasteiger partial charge in [0.05, 0.1) is 6.61 Å². The molecule has 4 atom stereocenters. The number of hydrogen-bond acceptors (Lipinski definition) is 4. The Morgan fingerprint density at radius 3 is 2.81 bits per heavy atom. The summed E-state index contributed by atoms with van der Waals surface area (Å²) in [6.07, 6.45) is 0.667. The van der Waals surface area contributed by atoms with E-state index in [1.165, 1.54) is 0 Å². The summed E-state index contributed by atoms with van der Waals surface area (Å²) in [7, 11) is 0. The summed E-state index contributed by atoms with van der Waals surface area (Å²) in [6, 6.07) is 7.98. The van der Waals surface area contributed by atoms with E-state index < -0.39 is 12.1 Å². The first-order valence-corrected chi connectivity index (χ1v) is 7.78. The monoisotopic (exact) mass is 354 g/mol. The lowest BCUT2D eigenvalue weighted by molar-refractivity contribution is -0.213. The van der Waals surface area contributed by atoms with E-state index in [0.717, 1.165) is 10.0 Å². The molecule has 0 aromatic heterocycles. The highest BCUT2D eigenvalue weighted by molar-refractivity contribution is 9.10. The highest BCUT2D eigenvalue weighted by atomic mass is 79.9. The van der Waals surface area contributed by atoms with Crippen LogP contribution in [0, 0.1) is 0 Å². The van der Waals surface area contributed by atoms with E-state index in [0.29, 0.717) is 6.61 Å². The van der Waals surface area contributed by atoms with Crippen molar-refractivity contribution in [1.82, 2.24) is 0 Å². The Morgan fingerprint density at radius 1 is 1.33 bits per heavy atom. The van der Waals surface area contributed by atoms with Gasteiger partial charge in [-0.05, 0) is 25.5 Å². The normalized spacial score (nSPS) is 33.9. The molecule has 1 aromatic rings. The average molecular weight is 355 g/mol. The van der Waals surface area contributed by atoms with Crippen LogP contribution in [0.5, 0.6) is 0 Å². The second kappa shape index (κ2) is 5.82. The van der Waals surface area contributed by atoms with Crippen LogP contribution in [0.2, 0.25) is 0 Å². The molecule has 1 aromatic carbocycles. The molecule has 0 aliphatic carbocycles. The van der Waals surface area contributed by atoms with Gasteiger partial charge < -0.3 is 18.9 Å². The highest BCUT2D eigenvalue weighted by Crippen LogP contribution is 2.39. The van der Waals surface area contributed by atoms with Crippen molar-refractivity contribution in [3.8, 4) is 0 Å². The van der Waals surface area contributed by atoms with Crippen LogP contribution in [-0.2, 0) is 25.6 Å². The predicted octanol–water partition coefficient (Wildman–Crippen LogP) is 3.40. The molecule has 0 N–H and O–H groups in total. The zero-order valence-electron chi connectivity index (χ0n) is 12.1. The zero-order valence-corrected chi connectivity index (χ0v) is 13.7. The van der Waals surface area contributed by atoms with Gasteiger partial charge >= 0.3 is 0 Å². The fourth-order valence-electron chi connectivity index (χ4n) is 2.69. The Hall–Kier alpha value is -0.720. The van der Waals surface area contributed by atoms with Gasteiger partial charge in [-0.25, -0.2) is 0 Å². The lowest BCUT2D eigenvalue weighted by atomic mass is 10.1. The molecule has 2 aliphatic heterocycles. The van der Waals surface area contributed by atoms with Crippen molar-refractivity contribution in [3.63, 3.8) is 0 Å². The molecule has 0 unspecified atom stereocenters. The molecule has 0 spiro atoms. The summed E-state index contributed by atoms with van der Waals surface area (Å²) < 4.78 is 24.5. The van der Waals surface area contributed by atoms with E-state index in [-0.39, 0.29) is 18.3 Å². The van der Waals surface area contributed by atoms with Crippen LogP contribution < -0.4 is 0 Å². The largest absolute Gasteiger partial charge is 0.368 e. The van der Waals surface area contributed by atoms with Crippen molar-refractivity contribution in [2.24, 2.45) is 0 Å². The smallest absolute Gasteiger partial charge is 0.190 e. The fraction of sp³-hybridized carbons (Fsp3) is 0.500. The quantitative estimate of drug-likeness (QED) is 0.776. The number of fused-ring (bicyclic) bond motifs is 1. The lowest BCUT2D eigenvalue weighted by Gasteiger charge is -2.24. The third kappa shape index (κ3) is 3.07. The van der Waals surface area contributed by atoms with Crippen LogP contribution in [0.25, 0.3) is 0 Å². The molecule has 4 nitrogen and oxygen atoms in total. The van der Waals surface area contributed by atoms with Crippen molar-refractivity contribution < 1.29 is 18.9 Å². The zero-order chi connectivity index (χ0) is 15.0. The maximum absolute atomic E-state index is 6.05. The Labute approximate surface area is 133 Å². The summed E-state index contributed by atoms with van der Waals surface area (Å²) in [5.74, 6) is -0.642. The predicted molar refractivity (Wildman–Crippen MR) is 81.6 cm³/mol. The first-order chi connectivity index (χ1) is 10.00. The van der Waals surface area contributed by atoms with Gasteiger partial charge in [0.2, 0.25) is 0 Å². The van der Waals surface area contributed by atoms with Crippen molar-refractivity contribution in [3.05, 3.63) is 47.0 Å². The minimum Gasteiger partial charge on any atom is -0.368 e.